The molecule has 0 bridgehead atoms. The Morgan fingerprint density at radius 2 is 2.00 bits per heavy atom. The monoisotopic (exact) mass is 295 g/mol. The van der Waals surface area contributed by atoms with Gasteiger partial charge in [0.1, 0.15) is 0 Å². The van der Waals surface area contributed by atoms with Gasteiger partial charge in [-0.3, -0.25) is 4.90 Å². The Morgan fingerprint density at radius 3 is 2.60 bits per heavy atom. The molecular weight excluding hydrogens is 261 g/mol. The molecule has 0 aliphatic heterocycles. The van der Waals surface area contributed by atoms with E-state index in [1.54, 1.807) is 0 Å². The minimum atomic E-state index is 0.774. The zero-order valence-electron chi connectivity index (χ0n) is 13.7. The minimum absolute atomic E-state index is 0.774. The molecule has 0 aromatic rings. The summed E-state index contributed by atoms with van der Waals surface area (Å²) < 4.78 is 0. The number of hydrogen-bond donors (Lipinski definition) is 0. The number of allylic oxidation sites excluding steroid dienone is 4. The van der Waals surface area contributed by atoms with Gasteiger partial charge >= 0.3 is 0 Å². The molecule has 1 aliphatic rings. The van der Waals surface area contributed by atoms with Gasteiger partial charge in [0.2, 0.25) is 0 Å². The number of hydrogen-bond acceptors (Lipinski definition) is 1. The summed E-state index contributed by atoms with van der Waals surface area (Å²) in [5.74, 6) is 1.63. The molecule has 1 rings (SSSR count). The fourth-order valence-electron chi connectivity index (χ4n) is 3.45. The molecular formula is C18H34NP. The SMILES string of the molecule is CC=CCC1CCC(N(CP)CCCC)CC1C=CC. The van der Waals surface area contributed by atoms with Gasteiger partial charge in [-0.1, -0.05) is 37.6 Å². The molecule has 20 heavy (non-hydrogen) atoms. The molecule has 2 heteroatoms. The Balaban J connectivity index is 2.61. The van der Waals surface area contributed by atoms with E-state index in [0.717, 1.165) is 24.2 Å². The van der Waals surface area contributed by atoms with Crippen LogP contribution in [0.4, 0.5) is 0 Å². The zero-order valence-corrected chi connectivity index (χ0v) is 14.9. The van der Waals surface area contributed by atoms with Crippen LogP contribution in [0.1, 0.15) is 59.3 Å². The van der Waals surface area contributed by atoms with Crippen LogP contribution >= 0.6 is 9.24 Å². The largest absolute Gasteiger partial charge is 0.297 e. The highest BCUT2D eigenvalue weighted by atomic mass is 31.0. The maximum atomic E-state index is 2.93. The maximum absolute atomic E-state index is 2.93. The van der Waals surface area contributed by atoms with Crippen LogP contribution in [0.2, 0.25) is 0 Å². The summed E-state index contributed by atoms with van der Waals surface area (Å²) >= 11 is 0. The Hall–Kier alpha value is -0.130. The van der Waals surface area contributed by atoms with E-state index in [9.17, 15) is 0 Å². The average Bonchev–Trinajstić information content (AvgIpc) is 2.47. The van der Waals surface area contributed by atoms with Crippen molar-refractivity contribution in [2.24, 2.45) is 11.8 Å². The molecule has 1 saturated carbocycles. The lowest BCUT2D eigenvalue weighted by Gasteiger charge is -2.40. The van der Waals surface area contributed by atoms with Crippen molar-refractivity contribution in [3.8, 4) is 0 Å². The molecule has 0 radical (unpaired) electrons. The molecule has 4 atom stereocenters. The summed E-state index contributed by atoms with van der Waals surface area (Å²) in [6.45, 7) is 7.86. The van der Waals surface area contributed by atoms with Crippen molar-refractivity contribution < 1.29 is 0 Å². The van der Waals surface area contributed by atoms with Crippen molar-refractivity contribution in [1.82, 2.24) is 4.90 Å². The third-order valence-corrected chi connectivity index (χ3v) is 5.15. The smallest absolute Gasteiger partial charge is 0.0129 e. The van der Waals surface area contributed by atoms with Gasteiger partial charge in [-0.2, -0.15) is 0 Å². The van der Waals surface area contributed by atoms with Crippen molar-refractivity contribution in [3.05, 3.63) is 24.3 Å². The van der Waals surface area contributed by atoms with Crippen molar-refractivity contribution in [2.75, 3.05) is 12.8 Å². The Morgan fingerprint density at radius 1 is 1.20 bits per heavy atom. The average molecular weight is 295 g/mol. The second-order valence-electron chi connectivity index (χ2n) is 6.07. The summed E-state index contributed by atoms with van der Waals surface area (Å²) in [7, 11) is 2.93. The van der Waals surface area contributed by atoms with Gasteiger partial charge in [0.05, 0.1) is 0 Å². The topological polar surface area (TPSA) is 3.24 Å². The van der Waals surface area contributed by atoms with Gasteiger partial charge in [0.15, 0.2) is 0 Å². The third kappa shape index (κ3) is 5.70. The molecule has 0 aromatic carbocycles. The maximum Gasteiger partial charge on any atom is 0.0129 e. The summed E-state index contributed by atoms with van der Waals surface area (Å²) in [5, 5.41) is 0. The molecule has 1 fully saturated rings. The van der Waals surface area contributed by atoms with Crippen molar-refractivity contribution in [3.63, 3.8) is 0 Å². The molecule has 0 N–H and O–H groups in total. The normalized spacial score (nSPS) is 27.9. The van der Waals surface area contributed by atoms with Crippen LogP contribution in [0.25, 0.3) is 0 Å². The molecule has 0 amide bonds. The zero-order chi connectivity index (χ0) is 14.8. The molecule has 1 aliphatic carbocycles. The van der Waals surface area contributed by atoms with Crippen LogP contribution in [0.3, 0.4) is 0 Å². The van der Waals surface area contributed by atoms with Crippen LogP contribution in [0, 0.1) is 11.8 Å². The molecule has 116 valence electrons. The van der Waals surface area contributed by atoms with Crippen molar-refractivity contribution >= 4 is 9.24 Å². The van der Waals surface area contributed by atoms with Gasteiger partial charge in [-0.05, 0) is 64.3 Å². The van der Waals surface area contributed by atoms with Crippen LogP contribution in [-0.2, 0) is 0 Å². The van der Waals surface area contributed by atoms with Gasteiger partial charge in [-0.15, -0.1) is 9.24 Å². The van der Waals surface area contributed by atoms with E-state index in [1.165, 1.54) is 45.1 Å². The fourth-order valence-corrected chi connectivity index (χ4v) is 3.93. The summed E-state index contributed by atoms with van der Waals surface area (Å²) in [6, 6.07) is 0.794. The van der Waals surface area contributed by atoms with Gasteiger partial charge in [0, 0.05) is 12.3 Å². The Bertz CT molecular complexity index is 298. The van der Waals surface area contributed by atoms with Crippen LogP contribution < -0.4 is 0 Å². The number of rotatable bonds is 8. The first kappa shape index (κ1) is 17.9. The molecule has 1 nitrogen and oxygen atoms in total. The molecule has 0 spiro atoms. The van der Waals surface area contributed by atoms with E-state index in [4.69, 9.17) is 0 Å². The lowest BCUT2D eigenvalue weighted by molar-refractivity contribution is 0.130. The fraction of sp³-hybridized carbons (Fsp3) is 0.778. The van der Waals surface area contributed by atoms with Crippen LogP contribution in [0.5, 0.6) is 0 Å². The molecule has 0 aromatic heterocycles. The summed E-state index contributed by atoms with van der Waals surface area (Å²) in [5.41, 5.74) is 0. The third-order valence-electron chi connectivity index (χ3n) is 4.68. The van der Waals surface area contributed by atoms with E-state index in [1.807, 2.05) is 0 Å². The van der Waals surface area contributed by atoms with Crippen LogP contribution in [-0.4, -0.2) is 23.8 Å². The molecule has 0 saturated heterocycles. The minimum Gasteiger partial charge on any atom is -0.297 e. The standard InChI is InChI=1S/C18H34NP/c1-4-7-10-16-11-12-18(14-17(16)9-6-3)19(15-20)13-8-5-2/h4,6-7,9,16-18H,5,8,10-15,20H2,1-3H3. The first-order valence-corrected chi connectivity index (χ1v) is 9.26. The number of unbranched alkanes of at least 4 members (excludes halogenated alkanes) is 1. The lowest BCUT2D eigenvalue weighted by Crippen LogP contribution is -2.40. The first-order valence-electron chi connectivity index (χ1n) is 8.44. The van der Waals surface area contributed by atoms with Gasteiger partial charge in [-0.25, -0.2) is 0 Å². The van der Waals surface area contributed by atoms with Crippen LogP contribution in [0.15, 0.2) is 24.3 Å². The Labute approximate surface area is 129 Å². The Kier molecular flexibility index (Phi) is 9.48. The highest BCUT2D eigenvalue weighted by Crippen LogP contribution is 2.36. The van der Waals surface area contributed by atoms with E-state index >= 15 is 0 Å². The second kappa shape index (κ2) is 10.6. The van der Waals surface area contributed by atoms with E-state index in [0.29, 0.717) is 0 Å². The van der Waals surface area contributed by atoms with E-state index in [2.05, 4.69) is 59.2 Å². The number of nitrogens with zero attached hydrogens (tertiary/aromatic N) is 1. The van der Waals surface area contributed by atoms with Gasteiger partial charge in [0.25, 0.3) is 0 Å². The molecule has 4 unspecified atom stereocenters. The summed E-state index contributed by atoms with van der Waals surface area (Å²) in [6.07, 6.45) is 18.4. The van der Waals surface area contributed by atoms with Crippen molar-refractivity contribution in [1.29, 1.82) is 0 Å². The quantitative estimate of drug-likeness (QED) is 0.437. The summed E-state index contributed by atoms with van der Waals surface area (Å²) in [4.78, 5) is 2.69. The highest BCUT2D eigenvalue weighted by Gasteiger charge is 2.30. The second-order valence-corrected chi connectivity index (χ2v) is 6.43. The lowest BCUT2D eigenvalue weighted by atomic mass is 9.74. The van der Waals surface area contributed by atoms with E-state index in [-0.39, 0.29) is 0 Å². The predicted octanol–water partition coefficient (Wildman–Crippen LogP) is 5.25. The highest BCUT2D eigenvalue weighted by molar-refractivity contribution is 7.16. The predicted molar refractivity (Wildman–Crippen MR) is 95.1 cm³/mol. The van der Waals surface area contributed by atoms with Crippen molar-refractivity contribution in [2.45, 2.75) is 65.3 Å². The van der Waals surface area contributed by atoms with Gasteiger partial charge < -0.3 is 0 Å². The molecule has 0 heterocycles. The first-order chi connectivity index (χ1) is 9.76. The van der Waals surface area contributed by atoms with E-state index < -0.39 is 0 Å².